The summed E-state index contributed by atoms with van der Waals surface area (Å²) >= 11 is 5.40. The molecule has 3 nitrogen and oxygen atoms in total. The number of thiocarbonyl (C=S) groups is 1. The number of hydrogen-bond donors (Lipinski definition) is 2. The van der Waals surface area contributed by atoms with Crippen molar-refractivity contribution in [3.8, 4) is 0 Å². The number of unbranched alkanes of at least 4 members (excludes halogenated alkanes) is 2. The SMILES string of the molecule is CCCCCC(=O)NC(=S)NC12CC3CC(CC(C3)C1)C2. The second-order valence-corrected chi connectivity index (χ2v) is 8.07. The molecule has 118 valence electrons. The van der Waals surface area contributed by atoms with Crippen LogP contribution in [0.25, 0.3) is 0 Å². The zero-order valence-electron chi connectivity index (χ0n) is 13.1. The molecule has 21 heavy (non-hydrogen) atoms. The Morgan fingerprint density at radius 1 is 1.10 bits per heavy atom. The van der Waals surface area contributed by atoms with Crippen molar-refractivity contribution in [3.05, 3.63) is 0 Å². The molecule has 4 fully saturated rings. The van der Waals surface area contributed by atoms with Gasteiger partial charge in [0.2, 0.25) is 5.91 Å². The van der Waals surface area contributed by atoms with Crippen molar-refractivity contribution in [2.45, 2.75) is 76.7 Å². The highest BCUT2D eigenvalue weighted by molar-refractivity contribution is 7.80. The normalized spacial score (nSPS) is 36.5. The van der Waals surface area contributed by atoms with Crippen LogP contribution in [0.4, 0.5) is 0 Å². The molecule has 4 rings (SSSR count). The first-order chi connectivity index (χ1) is 10.1. The van der Waals surface area contributed by atoms with Gasteiger partial charge in [-0.05, 0) is 74.9 Å². The fourth-order valence-electron chi connectivity index (χ4n) is 5.26. The third kappa shape index (κ3) is 3.58. The van der Waals surface area contributed by atoms with Crippen LogP contribution in [-0.4, -0.2) is 16.6 Å². The first-order valence-corrected chi connectivity index (χ1v) is 9.11. The minimum atomic E-state index is 0.0747. The van der Waals surface area contributed by atoms with Crippen molar-refractivity contribution in [3.63, 3.8) is 0 Å². The smallest absolute Gasteiger partial charge is 0.226 e. The van der Waals surface area contributed by atoms with Crippen molar-refractivity contribution < 1.29 is 4.79 Å². The molecule has 0 saturated heterocycles. The molecule has 4 aliphatic rings. The van der Waals surface area contributed by atoms with Crippen LogP contribution >= 0.6 is 12.2 Å². The lowest BCUT2D eigenvalue weighted by Gasteiger charge is -2.57. The summed E-state index contributed by atoms with van der Waals surface area (Å²) in [6, 6.07) is 0. The van der Waals surface area contributed by atoms with Crippen LogP contribution in [0.5, 0.6) is 0 Å². The van der Waals surface area contributed by atoms with E-state index in [9.17, 15) is 4.79 Å². The lowest BCUT2D eigenvalue weighted by molar-refractivity contribution is -0.119. The van der Waals surface area contributed by atoms with E-state index in [0.29, 0.717) is 11.5 Å². The van der Waals surface area contributed by atoms with E-state index in [2.05, 4.69) is 17.6 Å². The minimum Gasteiger partial charge on any atom is -0.357 e. The zero-order valence-corrected chi connectivity index (χ0v) is 13.9. The second kappa shape index (κ2) is 6.23. The Balaban J connectivity index is 1.49. The number of amides is 1. The monoisotopic (exact) mass is 308 g/mol. The Hall–Kier alpha value is -0.640. The quantitative estimate of drug-likeness (QED) is 0.603. The summed E-state index contributed by atoms with van der Waals surface area (Å²) in [7, 11) is 0. The van der Waals surface area contributed by atoms with E-state index < -0.39 is 0 Å². The summed E-state index contributed by atoms with van der Waals surface area (Å²) in [5, 5.41) is 7.01. The molecule has 0 aromatic carbocycles. The van der Waals surface area contributed by atoms with Crippen molar-refractivity contribution in [2.75, 3.05) is 0 Å². The standard InChI is InChI=1S/C17H28N2OS/c1-2-3-4-5-15(20)18-16(21)19-17-9-12-6-13(10-17)8-14(7-12)11-17/h12-14H,2-11H2,1H3,(H2,18,19,20,21). The van der Waals surface area contributed by atoms with E-state index >= 15 is 0 Å². The predicted octanol–water partition coefficient (Wildman–Crippen LogP) is 3.53. The van der Waals surface area contributed by atoms with Gasteiger partial charge in [0.25, 0.3) is 0 Å². The Labute approximate surface area is 133 Å². The molecule has 0 aromatic heterocycles. The molecule has 4 aliphatic carbocycles. The van der Waals surface area contributed by atoms with Crippen LogP contribution in [0.2, 0.25) is 0 Å². The Morgan fingerprint density at radius 3 is 2.19 bits per heavy atom. The molecule has 0 heterocycles. The van der Waals surface area contributed by atoms with Crippen molar-refractivity contribution in [1.82, 2.24) is 10.6 Å². The molecule has 0 spiro atoms. The molecule has 0 aromatic rings. The average molecular weight is 308 g/mol. The van der Waals surface area contributed by atoms with Gasteiger partial charge in [-0.2, -0.15) is 0 Å². The van der Waals surface area contributed by atoms with Crippen molar-refractivity contribution in [2.24, 2.45) is 17.8 Å². The van der Waals surface area contributed by atoms with Crippen LogP contribution < -0.4 is 10.6 Å². The van der Waals surface area contributed by atoms with Crippen LogP contribution in [0, 0.1) is 17.8 Å². The first-order valence-electron chi connectivity index (χ1n) is 8.70. The van der Waals surface area contributed by atoms with Gasteiger partial charge in [-0.25, -0.2) is 0 Å². The van der Waals surface area contributed by atoms with Gasteiger partial charge in [-0.3, -0.25) is 4.79 Å². The van der Waals surface area contributed by atoms with Crippen LogP contribution in [0.1, 0.15) is 71.1 Å². The largest absolute Gasteiger partial charge is 0.357 e. The number of nitrogens with one attached hydrogen (secondary N) is 2. The number of hydrogen-bond acceptors (Lipinski definition) is 2. The van der Waals surface area contributed by atoms with E-state index in [1.54, 1.807) is 0 Å². The molecule has 1 amide bonds. The lowest BCUT2D eigenvalue weighted by Crippen LogP contribution is -2.61. The molecule has 0 atom stereocenters. The molecule has 4 saturated carbocycles. The summed E-state index contributed by atoms with van der Waals surface area (Å²) in [5.74, 6) is 2.76. The van der Waals surface area contributed by atoms with Gasteiger partial charge in [-0.15, -0.1) is 0 Å². The molecule has 0 aliphatic heterocycles. The number of carbonyl (C=O) groups excluding carboxylic acids is 1. The van der Waals surface area contributed by atoms with Gasteiger partial charge >= 0.3 is 0 Å². The molecule has 0 unspecified atom stereocenters. The van der Waals surface area contributed by atoms with Gasteiger partial charge < -0.3 is 10.6 Å². The van der Waals surface area contributed by atoms with Crippen molar-refractivity contribution >= 4 is 23.2 Å². The van der Waals surface area contributed by atoms with Gasteiger partial charge in [0.15, 0.2) is 5.11 Å². The third-order valence-corrected chi connectivity index (χ3v) is 5.88. The van der Waals surface area contributed by atoms with Gasteiger partial charge in [-0.1, -0.05) is 19.8 Å². The zero-order chi connectivity index (χ0) is 14.9. The maximum atomic E-state index is 11.9. The molecular weight excluding hydrogens is 280 g/mol. The van der Waals surface area contributed by atoms with Crippen LogP contribution in [-0.2, 0) is 4.79 Å². The van der Waals surface area contributed by atoms with Gasteiger partial charge in [0.05, 0.1) is 0 Å². The predicted molar refractivity (Wildman–Crippen MR) is 88.9 cm³/mol. The molecule has 4 bridgehead atoms. The maximum Gasteiger partial charge on any atom is 0.226 e. The Morgan fingerprint density at radius 2 is 1.67 bits per heavy atom. The minimum absolute atomic E-state index is 0.0747. The fraction of sp³-hybridized carbons (Fsp3) is 0.882. The second-order valence-electron chi connectivity index (χ2n) is 7.66. The highest BCUT2D eigenvalue weighted by atomic mass is 32.1. The van der Waals surface area contributed by atoms with Gasteiger partial charge in [0.1, 0.15) is 0 Å². The van der Waals surface area contributed by atoms with E-state index in [1.165, 1.54) is 38.5 Å². The first kappa shape index (κ1) is 15.3. The topological polar surface area (TPSA) is 41.1 Å². The van der Waals surface area contributed by atoms with Crippen molar-refractivity contribution in [1.29, 1.82) is 0 Å². The summed E-state index contributed by atoms with van der Waals surface area (Å²) in [4.78, 5) is 11.9. The molecule has 4 heteroatoms. The molecular formula is C17H28N2OS. The lowest BCUT2D eigenvalue weighted by atomic mass is 9.53. The van der Waals surface area contributed by atoms with Crippen LogP contribution in [0.15, 0.2) is 0 Å². The molecule has 0 radical (unpaired) electrons. The summed E-state index contributed by atoms with van der Waals surface area (Å²) in [5.41, 5.74) is 0.197. The fourth-order valence-corrected chi connectivity index (χ4v) is 5.59. The summed E-state index contributed by atoms with van der Waals surface area (Å²) < 4.78 is 0. The third-order valence-electron chi connectivity index (χ3n) is 5.68. The van der Waals surface area contributed by atoms with Gasteiger partial charge in [0, 0.05) is 12.0 Å². The highest BCUT2D eigenvalue weighted by Gasteiger charge is 2.51. The van der Waals surface area contributed by atoms with Crippen LogP contribution in [0.3, 0.4) is 0 Å². The van der Waals surface area contributed by atoms with E-state index in [0.717, 1.165) is 37.0 Å². The molecule has 2 N–H and O–H groups in total. The van der Waals surface area contributed by atoms with E-state index in [4.69, 9.17) is 12.2 Å². The summed E-state index contributed by atoms with van der Waals surface area (Å²) in [6.45, 7) is 2.15. The maximum absolute atomic E-state index is 11.9. The number of rotatable bonds is 5. The Bertz CT molecular complexity index is 386. The Kier molecular flexibility index (Phi) is 4.53. The number of carbonyl (C=O) groups is 1. The summed E-state index contributed by atoms with van der Waals surface area (Å²) in [6.07, 6.45) is 11.9. The highest BCUT2D eigenvalue weighted by Crippen LogP contribution is 2.55. The average Bonchev–Trinajstić information content (AvgIpc) is 2.36. The van der Waals surface area contributed by atoms with E-state index in [-0.39, 0.29) is 11.4 Å². The van der Waals surface area contributed by atoms with E-state index in [1.807, 2.05) is 0 Å².